The highest BCUT2D eigenvalue weighted by Crippen LogP contribution is 2.18. The summed E-state index contributed by atoms with van der Waals surface area (Å²) in [4.78, 5) is 11.8. The maximum Gasteiger partial charge on any atom is 0.325 e. The van der Waals surface area contributed by atoms with Gasteiger partial charge in [0, 0.05) is 11.7 Å². The standard InChI is InChI=1S/C14H19N5OS/c1-3-7-15-10(2)11-5-4-6-12(8-11)17-13(20)18-14-19-16-9-21-14/h4-6,8-10,15H,3,7H2,1-2H3,(H2,17,18,19,20). The van der Waals surface area contributed by atoms with E-state index < -0.39 is 0 Å². The Bertz CT molecular complexity index is 573. The van der Waals surface area contributed by atoms with Crippen molar-refractivity contribution < 1.29 is 4.79 Å². The first-order valence-electron chi connectivity index (χ1n) is 6.86. The molecule has 0 aliphatic rings. The van der Waals surface area contributed by atoms with Gasteiger partial charge in [-0.05, 0) is 37.6 Å². The number of amides is 2. The fourth-order valence-corrected chi connectivity index (χ4v) is 2.29. The van der Waals surface area contributed by atoms with Gasteiger partial charge in [-0.3, -0.25) is 5.32 Å². The molecule has 0 saturated carbocycles. The molecule has 0 aliphatic carbocycles. The zero-order valence-corrected chi connectivity index (χ0v) is 12.9. The maximum absolute atomic E-state index is 11.8. The van der Waals surface area contributed by atoms with Crippen molar-refractivity contribution in [3.8, 4) is 0 Å². The third-order valence-electron chi connectivity index (χ3n) is 2.93. The van der Waals surface area contributed by atoms with Crippen LogP contribution in [0.4, 0.5) is 15.6 Å². The van der Waals surface area contributed by atoms with Crippen molar-refractivity contribution in [2.45, 2.75) is 26.3 Å². The molecule has 0 bridgehead atoms. The first-order valence-corrected chi connectivity index (χ1v) is 7.74. The van der Waals surface area contributed by atoms with Gasteiger partial charge in [0.05, 0.1) is 0 Å². The Kier molecular flexibility index (Phi) is 5.65. The van der Waals surface area contributed by atoms with E-state index in [4.69, 9.17) is 0 Å². The van der Waals surface area contributed by atoms with Gasteiger partial charge >= 0.3 is 6.03 Å². The van der Waals surface area contributed by atoms with Crippen LogP contribution in [0.1, 0.15) is 31.9 Å². The molecule has 2 rings (SSSR count). The number of hydrogen-bond donors (Lipinski definition) is 3. The van der Waals surface area contributed by atoms with Gasteiger partial charge in [-0.1, -0.05) is 30.4 Å². The molecule has 0 saturated heterocycles. The summed E-state index contributed by atoms with van der Waals surface area (Å²) in [6, 6.07) is 7.72. The van der Waals surface area contributed by atoms with Crippen LogP contribution in [0.15, 0.2) is 29.8 Å². The highest BCUT2D eigenvalue weighted by Gasteiger charge is 2.08. The monoisotopic (exact) mass is 305 g/mol. The summed E-state index contributed by atoms with van der Waals surface area (Å²) in [7, 11) is 0. The molecule has 112 valence electrons. The molecule has 7 heteroatoms. The zero-order valence-electron chi connectivity index (χ0n) is 12.1. The summed E-state index contributed by atoms with van der Waals surface area (Å²) >= 11 is 1.27. The van der Waals surface area contributed by atoms with Gasteiger partial charge in [0.15, 0.2) is 0 Å². The van der Waals surface area contributed by atoms with Crippen LogP contribution in [-0.2, 0) is 0 Å². The molecule has 6 nitrogen and oxygen atoms in total. The molecule has 3 N–H and O–H groups in total. The zero-order chi connectivity index (χ0) is 15.1. The Morgan fingerprint density at radius 1 is 1.38 bits per heavy atom. The van der Waals surface area contributed by atoms with Gasteiger partial charge in [0.1, 0.15) is 5.51 Å². The van der Waals surface area contributed by atoms with Crippen LogP contribution in [0.5, 0.6) is 0 Å². The van der Waals surface area contributed by atoms with E-state index in [2.05, 4.69) is 40.0 Å². The molecule has 0 spiro atoms. The summed E-state index contributed by atoms with van der Waals surface area (Å²) in [6.45, 7) is 5.21. The number of urea groups is 1. The van der Waals surface area contributed by atoms with E-state index >= 15 is 0 Å². The van der Waals surface area contributed by atoms with Crippen molar-refractivity contribution in [3.05, 3.63) is 35.3 Å². The lowest BCUT2D eigenvalue weighted by Gasteiger charge is -2.15. The quantitative estimate of drug-likeness (QED) is 0.765. The highest BCUT2D eigenvalue weighted by atomic mass is 32.1. The van der Waals surface area contributed by atoms with E-state index in [1.807, 2.05) is 24.3 Å². The van der Waals surface area contributed by atoms with E-state index in [0.29, 0.717) is 5.13 Å². The van der Waals surface area contributed by atoms with Gasteiger partial charge in [0.25, 0.3) is 0 Å². The number of anilines is 2. The summed E-state index contributed by atoms with van der Waals surface area (Å²) in [5.41, 5.74) is 3.45. The van der Waals surface area contributed by atoms with Crippen LogP contribution < -0.4 is 16.0 Å². The molecule has 1 aromatic heterocycles. The largest absolute Gasteiger partial charge is 0.325 e. The normalized spacial score (nSPS) is 11.9. The highest BCUT2D eigenvalue weighted by molar-refractivity contribution is 7.13. The summed E-state index contributed by atoms with van der Waals surface area (Å²) < 4.78 is 0. The second-order valence-electron chi connectivity index (χ2n) is 4.62. The van der Waals surface area contributed by atoms with Crippen molar-refractivity contribution in [1.82, 2.24) is 15.5 Å². The van der Waals surface area contributed by atoms with Crippen molar-refractivity contribution in [1.29, 1.82) is 0 Å². The second kappa shape index (κ2) is 7.70. The topological polar surface area (TPSA) is 78.9 Å². The van der Waals surface area contributed by atoms with Crippen molar-refractivity contribution in [2.75, 3.05) is 17.2 Å². The minimum absolute atomic E-state index is 0.248. The molecular weight excluding hydrogens is 286 g/mol. The molecule has 1 atom stereocenters. The number of carbonyl (C=O) groups excluding carboxylic acids is 1. The molecule has 21 heavy (non-hydrogen) atoms. The minimum atomic E-state index is -0.321. The molecule has 1 heterocycles. The summed E-state index contributed by atoms with van der Waals surface area (Å²) in [5.74, 6) is 0. The predicted octanol–water partition coefficient (Wildman–Crippen LogP) is 3.24. The van der Waals surface area contributed by atoms with E-state index in [1.54, 1.807) is 5.51 Å². The number of nitrogens with zero attached hydrogens (tertiary/aromatic N) is 2. The Labute approximate surface area is 128 Å². The Morgan fingerprint density at radius 3 is 2.95 bits per heavy atom. The molecule has 0 fully saturated rings. The molecule has 0 aliphatic heterocycles. The first kappa shape index (κ1) is 15.4. The van der Waals surface area contributed by atoms with Gasteiger partial charge in [-0.25, -0.2) is 4.79 Å². The number of aromatic nitrogens is 2. The Hall–Kier alpha value is -1.99. The van der Waals surface area contributed by atoms with E-state index in [9.17, 15) is 4.79 Å². The predicted molar refractivity (Wildman–Crippen MR) is 85.7 cm³/mol. The minimum Gasteiger partial charge on any atom is -0.310 e. The summed E-state index contributed by atoms with van der Waals surface area (Å²) in [6.07, 6.45) is 1.09. The second-order valence-corrected chi connectivity index (χ2v) is 5.46. The number of benzene rings is 1. The molecular formula is C14H19N5OS. The number of nitrogens with one attached hydrogen (secondary N) is 3. The van der Waals surface area contributed by atoms with Crippen LogP contribution in [0.3, 0.4) is 0 Å². The van der Waals surface area contributed by atoms with Crippen molar-refractivity contribution in [3.63, 3.8) is 0 Å². The van der Waals surface area contributed by atoms with Crippen LogP contribution in [0, 0.1) is 0 Å². The molecule has 2 aromatic rings. The van der Waals surface area contributed by atoms with Gasteiger partial charge in [-0.15, -0.1) is 10.2 Å². The smallest absolute Gasteiger partial charge is 0.310 e. The van der Waals surface area contributed by atoms with E-state index in [1.165, 1.54) is 11.3 Å². The van der Waals surface area contributed by atoms with Crippen LogP contribution in [0.25, 0.3) is 0 Å². The maximum atomic E-state index is 11.8. The van der Waals surface area contributed by atoms with Crippen LogP contribution >= 0.6 is 11.3 Å². The first-order chi connectivity index (χ1) is 10.2. The average Bonchev–Trinajstić information content (AvgIpc) is 2.97. The fraction of sp³-hybridized carbons (Fsp3) is 0.357. The van der Waals surface area contributed by atoms with E-state index in [0.717, 1.165) is 24.2 Å². The third-order valence-corrected chi connectivity index (χ3v) is 3.53. The van der Waals surface area contributed by atoms with Crippen molar-refractivity contribution in [2.24, 2.45) is 0 Å². The molecule has 1 aromatic carbocycles. The fourth-order valence-electron chi connectivity index (χ4n) is 1.85. The van der Waals surface area contributed by atoms with Crippen LogP contribution in [-0.4, -0.2) is 22.8 Å². The SMILES string of the molecule is CCCNC(C)c1cccc(NC(=O)Nc2nncs2)c1. The van der Waals surface area contributed by atoms with Crippen molar-refractivity contribution >= 4 is 28.2 Å². The third kappa shape index (κ3) is 4.80. The Balaban J connectivity index is 1.95. The number of hydrogen-bond acceptors (Lipinski definition) is 5. The molecule has 0 radical (unpaired) electrons. The summed E-state index contributed by atoms with van der Waals surface area (Å²) in [5, 5.41) is 16.7. The van der Waals surface area contributed by atoms with Gasteiger partial charge in [-0.2, -0.15) is 0 Å². The number of carbonyl (C=O) groups is 1. The van der Waals surface area contributed by atoms with E-state index in [-0.39, 0.29) is 12.1 Å². The Morgan fingerprint density at radius 2 is 2.24 bits per heavy atom. The molecule has 1 unspecified atom stereocenters. The lowest BCUT2D eigenvalue weighted by Crippen LogP contribution is -2.21. The van der Waals surface area contributed by atoms with Gasteiger partial charge < -0.3 is 10.6 Å². The van der Waals surface area contributed by atoms with Gasteiger partial charge in [0.2, 0.25) is 5.13 Å². The molecule has 2 amide bonds. The average molecular weight is 305 g/mol. The lowest BCUT2D eigenvalue weighted by atomic mass is 10.1. The lowest BCUT2D eigenvalue weighted by molar-refractivity contribution is 0.262. The van der Waals surface area contributed by atoms with Crippen LogP contribution in [0.2, 0.25) is 0 Å². The number of rotatable bonds is 6.